The van der Waals surface area contributed by atoms with Crippen molar-refractivity contribution in [3.05, 3.63) is 16.7 Å². The lowest BCUT2D eigenvalue weighted by atomic mass is 10.2. The zero-order chi connectivity index (χ0) is 10.1. The van der Waals surface area contributed by atoms with Crippen LogP contribution < -0.4 is 10.1 Å². The largest absolute Gasteiger partial charge is 0.463 e. The Labute approximate surface area is 89.8 Å². The van der Waals surface area contributed by atoms with Crippen molar-refractivity contribution in [3.8, 4) is 5.88 Å². The topological polar surface area (TPSA) is 51.2 Å². The SMILES string of the molecule is CC[C@H]1Oc2ncc(Br)cc2NC1=O. The molecule has 74 valence electrons. The first-order valence-electron chi connectivity index (χ1n) is 4.33. The monoisotopic (exact) mass is 256 g/mol. The van der Waals surface area contributed by atoms with Crippen LogP contribution in [0.2, 0.25) is 0 Å². The number of amides is 1. The first-order chi connectivity index (χ1) is 6.70. The minimum atomic E-state index is -0.420. The normalized spacial score (nSPS) is 19.6. The Morgan fingerprint density at radius 1 is 1.71 bits per heavy atom. The molecule has 1 N–H and O–H groups in total. The van der Waals surface area contributed by atoms with Gasteiger partial charge < -0.3 is 10.1 Å². The number of anilines is 1. The van der Waals surface area contributed by atoms with Crippen LogP contribution in [-0.4, -0.2) is 17.0 Å². The molecule has 1 aromatic heterocycles. The van der Waals surface area contributed by atoms with Crippen LogP contribution in [0.5, 0.6) is 5.88 Å². The van der Waals surface area contributed by atoms with E-state index in [0.717, 1.165) is 4.47 Å². The third kappa shape index (κ3) is 1.59. The molecule has 0 aliphatic carbocycles. The summed E-state index contributed by atoms with van der Waals surface area (Å²) in [5, 5.41) is 2.75. The highest BCUT2D eigenvalue weighted by Gasteiger charge is 2.26. The van der Waals surface area contributed by atoms with Gasteiger partial charge in [0.2, 0.25) is 5.88 Å². The summed E-state index contributed by atoms with van der Waals surface area (Å²) in [5.74, 6) is 0.375. The van der Waals surface area contributed by atoms with E-state index in [1.807, 2.05) is 6.92 Å². The lowest BCUT2D eigenvalue weighted by molar-refractivity contribution is -0.123. The number of fused-ring (bicyclic) bond motifs is 1. The summed E-state index contributed by atoms with van der Waals surface area (Å²) < 4.78 is 6.22. The number of pyridine rings is 1. The molecule has 0 aromatic carbocycles. The summed E-state index contributed by atoms with van der Waals surface area (Å²) >= 11 is 3.27. The predicted molar refractivity (Wildman–Crippen MR) is 55.3 cm³/mol. The van der Waals surface area contributed by atoms with Gasteiger partial charge in [-0.1, -0.05) is 6.92 Å². The van der Waals surface area contributed by atoms with Gasteiger partial charge in [0.15, 0.2) is 6.10 Å². The highest BCUT2D eigenvalue weighted by Crippen LogP contribution is 2.29. The second kappa shape index (κ2) is 3.57. The second-order valence-corrected chi connectivity index (χ2v) is 3.93. The van der Waals surface area contributed by atoms with Crippen molar-refractivity contribution in [3.63, 3.8) is 0 Å². The standard InChI is InChI=1S/C9H9BrN2O2/c1-2-7-8(13)12-6-3-5(10)4-11-9(6)14-7/h3-4,7H,2H2,1H3,(H,12,13)/t7-/m1/s1. The molecular weight excluding hydrogens is 248 g/mol. The number of nitrogens with zero attached hydrogens (tertiary/aromatic N) is 1. The maximum absolute atomic E-state index is 11.4. The van der Waals surface area contributed by atoms with E-state index in [-0.39, 0.29) is 5.91 Å². The van der Waals surface area contributed by atoms with Crippen LogP contribution in [-0.2, 0) is 4.79 Å². The molecular formula is C9H9BrN2O2. The van der Waals surface area contributed by atoms with Crippen molar-refractivity contribution >= 4 is 27.5 Å². The van der Waals surface area contributed by atoms with Crippen LogP contribution in [0.3, 0.4) is 0 Å². The van der Waals surface area contributed by atoms with Gasteiger partial charge in [-0.05, 0) is 28.4 Å². The molecule has 1 aliphatic rings. The number of halogens is 1. The van der Waals surface area contributed by atoms with Gasteiger partial charge in [-0.15, -0.1) is 0 Å². The van der Waals surface area contributed by atoms with Crippen molar-refractivity contribution in [2.45, 2.75) is 19.4 Å². The van der Waals surface area contributed by atoms with E-state index in [9.17, 15) is 4.79 Å². The van der Waals surface area contributed by atoms with Crippen LogP contribution in [0.15, 0.2) is 16.7 Å². The molecule has 0 spiro atoms. The van der Waals surface area contributed by atoms with Crippen LogP contribution in [0.4, 0.5) is 5.69 Å². The Balaban J connectivity index is 2.35. The first-order valence-corrected chi connectivity index (χ1v) is 5.13. The van der Waals surface area contributed by atoms with Crippen LogP contribution in [0, 0.1) is 0 Å². The van der Waals surface area contributed by atoms with Gasteiger partial charge in [0.1, 0.15) is 5.69 Å². The molecule has 1 aliphatic heterocycles. The van der Waals surface area contributed by atoms with Gasteiger partial charge >= 0.3 is 0 Å². The molecule has 4 nitrogen and oxygen atoms in total. The number of ether oxygens (including phenoxy) is 1. The van der Waals surface area contributed by atoms with Gasteiger partial charge in [0.25, 0.3) is 5.91 Å². The number of nitrogens with one attached hydrogen (secondary N) is 1. The summed E-state index contributed by atoms with van der Waals surface area (Å²) in [6.07, 6.45) is 1.86. The molecule has 5 heteroatoms. The quantitative estimate of drug-likeness (QED) is 0.836. The highest BCUT2D eigenvalue weighted by atomic mass is 79.9. The molecule has 14 heavy (non-hydrogen) atoms. The molecule has 1 amide bonds. The summed E-state index contributed by atoms with van der Waals surface area (Å²) in [6.45, 7) is 1.90. The van der Waals surface area contributed by atoms with Crippen molar-refractivity contribution < 1.29 is 9.53 Å². The van der Waals surface area contributed by atoms with Crippen molar-refractivity contribution in [1.82, 2.24) is 4.98 Å². The summed E-state index contributed by atoms with van der Waals surface area (Å²) in [6, 6.07) is 1.77. The molecule has 0 unspecified atom stereocenters. The second-order valence-electron chi connectivity index (χ2n) is 3.01. The van der Waals surface area contributed by atoms with E-state index in [4.69, 9.17) is 4.74 Å². The van der Waals surface area contributed by atoms with E-state index in [1.54, 1.807) is 12.3 Å². The number of aromatic nitrogens is 1. The maximum Gasteiger partial charge on any atom is 0.265 e. The van der Waals surface area contributed by atoms with Gasteiger partial charge in [0, 0.05) is 10.7 Å². The lowest BCUT2D eigenvalue weighted by Gasteiger charge is -2.23. The number of carbonyl (C=O) groups is 1. The Kier molecular flexibility index (Phi) is 2.41. The van der Waals surface area contributed by atoms with Gasteiger partial charge in [-0.3, -0.25) is 4.79 Å². The fourth-order valence-corrected chi connectivity index (χ4v) is 1.61. The van der Waals surface area contributed by atoms with E-state index >= 15 is 0 Å². The average Bonchev–Trinajstić information content (AvgIpc) is 2.16. The van der Waals surface area contributed by atoms with Crippen molar-refractivity contribution in [2.24, 2.45) is 0 Å². The van der Waals surface area contributed by atoms with Crippen LogP contribution in [0.25, 0.3) is 0 Å². The number of hydrogen-bond donors (Lipinski definition) is 1. The molecule has 1 aromatic rings. The molecule has 0 bridgehead atoms. The van der Waals surface area contributed by atoms with Crippen LogP contribution in [0.1, 0.15) is 13.3 Å². The number of hydrogen-bond acceptors (Lipinski definition) is 3. The van der Waals surface area contributed by atoms with E-state index in [2.05, 4.69) is 26.2 Å². The average molecular weight is 257 g/mol. The third-order valence-corrected chi connectivity index (χ3v) is 2.43. The van der Waals surface area contributed by atoms with Crippen molar-refractivity contribution in [1.29, 1.82) is 0 Å². The minimum absolute atomic E-state index is 0.111. The fourth-order valence-electron chi connectivity index (χ4n) is 1.28. The number of carbonyl (C=O) groups excluding carboxylic acids is 1. The van der Waals surface area contributed by atoms with Crippen molar-refractivity contribution in [2.75, 3.05) is 5.32 Å². The predicted octanol–water partition coefficient (Wildman–Crippen LogP) is 1.95. The molecule has 0 radical (unpaired) electrons. The highest BCUT2D eigenvalue weighted by molar-refractivity contribution is 9.10. The van der Waals surface area contributed by atoms with E-state index < -0.39 is 6.10 Å². The molecule has 0 saturated carbocycles. The summed E-state index contributed by atoms with van der Waals surface area (Å²) in [5.41, 5.74) is 0.620. The first kappa shape index (κ1) is 9.45. The summed E-state index contributed by atoms with van der Waals surface area (Å²) in [4.78, 5) is 15.5. The van der Waals surface area contributed by atoms with Gasteiger partial charge in [0.05, 0.1) is 0 Å². The van der Waals surface area contributed by atoms with E-state index in [0.29, 0.717) is 18.0 Å². The van der Waals surface area contributed by atoms with E-state index in [1.165, 1.54) is 0 Å². The van der Waals surface area contributed by atoms with Gasteiger partial charge in [-0.2, -0.15) is 0 Å². The fraction of sp³-hybridized carbons (Fsp3) is 0.333. The van der Waals surface area contributed by atoms with Crippen LogP contribution >= 0.6 is 15.9 Å². The Bertz CT molecular complexity index is 381. The zero-order valence-corrected chi connectivity index (χ0v) is 9.17. The Morgan fingerprint density at radius 3 is 3.21 bits per heavy atom. The third-order valence-electron chi connectivity index (χ3n) is 1.99. The lowest BCUT2D eigenvalue weighted by Crippen LogP contribution is -2.36. The zero-order valence-electron chi connectivity index (χ0n) is 7.58. The Morgan fingerprint density at radius 2 is 2.50 bits per heavy atom. The smallest absolute Gasteiger partial charge is 0.265 e. The molecule has 2 rings (SSSR count). The van der Waals surface area contributed by atoms with Gasteiger partial charge in [-0.25, -0.2) is 4.98 Å². The molecule has 1 atom stereocenters. The minimum Gasteiger partial charge on any atom is -0.463 e. The maximum atomic E-state index is 11.4. The summed E-state index contributed by atoms with van der Waals surface area (Å²) in [7, 11) is 0. The molecule has 0 fully saturated rings. The molecule has 2 heterocycles. The molecule has 0 saturated heterocycles. The Hall–Kier alpha value is -1.10. The number of rotatable bonds is 1.